The van der Waals surface area contributed by atoms with Gasteiger partial charge in [-0.3, -0.25) is 37.3 Å². The molecule has 0 aromatic carbocycles. The molecule has 19 heteroatoms. The molecule has 0 amide bonds. The van der Waals surface area contributed by atoms with Gasteiger partial charge < -0.3 is 33.8 Å². The molecule has 0 rings (SSSR count). The predicted octanol–water partition coefficient (Wildman–Crippen LogP) is 18.5. The van der Waals surface area contributed by atoms with Crippen molar-refractivity contribution in [1.82, 2.24) is 0 Å². The number of unbranched alkanes of at least 4 members (excludes halogenated alkanes) is 33. The van der Waals surface area contributed by atoms with Gasteiger partial charge in [0.2, 0.25) is 0 Å². The van der Waals surface area contributed by atoms with Crippen LogP contribution in [0, 0.1) is 5.92 Å². The second kappa shape index (κ2) is 60.1. The summed E-state index contributed by atoms with van der Waals surface area (Å²) in [7, 11) is -9.90. The standard InChI is InChI=1S/C67H126O17P2/c1-6-10-13-16-19-21-23-25-27-29-31-33-36-42-47-52-66(71)83-62(57-78-65(70)51-46-41-35-32-30-28-26-24-22-20-17-14-11-7-2)58-81-85(73,74)79-54-61(68)55-80-86(75,76)82-59-63(56-77-64(69)50-45-40-34-18-15-12-8-3)84-67(72)53-48-43-38-37-39-44-49-60(5)9-4/h21,23,25,27,60-63,68H,6-20,22,24,26,28-59H2,1-5H3,(H,73,74)(H,75,76)/b23-21-,27-25-/t60?,61-,62-,63-/m1/s1. The van der Waals surface area contributed by atoms with Crippen LogP contribution in [0.25, 0.3) is 0 Å². The van der Waals surface area contributed by atoms with Gasteiger partial charge in [0, 0.05) is 25.7 Å². The van der Waals surface area contributed by atoms with E-state index in [2.05, 4.69) is 58.9 Å². The van der Waals surface area contributed by atoms with Gasteiger partial charge in [-0.05, 0) is 57.3 Å². The number of esters is 4. The molecule has 0 bridgehead atoms. The van der Waals surface area contributed by atoms with Crippen LogP contribution >= 0.6 is 15.6 Å². The van der Waals surface area contributed by atoms with Crippen LogP contribution in [0.4, 0.5) is 0 Å². The Morgan fingerprint density at radius 2 is 0.651 bits per heavy atom. The fraction of sp³-hybridized carbons (Fsp3) is 0.881. The molecule has 86 heavy (non-hydrogen) atoms. The lowest BCUT2D eigenvalue weighted by atomic mass is 10.00. The number of carbonyl (C=O) groups is 4. The minimum absolute atomic E-state index is 0.0853. The van der Waals surface area contributed by atoms with Gasteiger partial charge >= 0.3 is 39.5 Å². The van der Waals surface area contributed by atoms with E-state index in [1.54, 1.807) is 0 Å². The number of ether oxygens (including phenoxy) is 4. The summed E-state index contributed by atoms with van der Waals surface area (Å²) in [5.41, 5.74) is 0. The number of phosphoric acid groups is 2. The maximum Gasteiger partial charge on any atom is 0.472 e. The lowest BCUT2D eigenvalue weighted by Crippen LogP contribution is -2.30. The monoisotopic (exact) mass is 1260 g/mol. The molecule has 6 atom stereocenters. The van der Waals surface area contributed by atoms with Crippen molar-refractivity contribution in [2.24, 2.45) is 5.92 Å². The summed E-state index contributed by atoms with van der Waals surface area (Å²) >= 11 is 0. The zero-order valence-electron chi connectivity index (χ0n) is 54.9. The summed E-state index contributed by atoms with van der Waals surface area (Å²) < 4.78 is 68.0. The summed E-state index contributed by atoms with van der Waals surface area (Å²) in [5, 5.41) is 10.5. The SMILES string of the molecule is CCCCCC/C=C\C=C/CCCCCCCC(=O)O[C@H](COC(=O)CCCCCCCCCCCCCCCC)COP(=O)(O)OC[C@@H](O)COP(=O)(O)OC[C@@H](COC(=O)CCCCCCCCC)OC(=O)CCCCCCCCC(C)CC. The van der Waals surface area contributed by atoms with Crippen LogP contribution in [0.5, 0.6) is 0 Å². The first-order valence-corrected chi connectivity index (χ1v) is 37.5. The van der Waals surface area contributed by atoms with Crippen molar-refractivity contribution in [3.63, 3.8) is 0 Å². The lowest BCUT2D eigenvalue weighted by Gasteiger charge is -2.21. The van der Waals surface area contributed by atoms with E-state index in [-0.39, 0.29) is 25.7 Å². The first-order valence-electron chi connectivity index (χ1n) is 34.5. The van der Waals surface area contributed by atoms with Crippen molar-refractivity contribution in [3.8, 4) is 0 Å². The van der Waals surface area contributed by atoms with E-state index in [4.69, 9.17) is 37.0 Å². The predicted molar refractivity (Wildman–Crippen MR) is 344 cm³/mol. The highest BCUT2D eigenvalue weighted by atomic mass is 31.2. The third-order valence-electron chi connectivity index (χ3n) is 15.3. The number of rotatable bonds is 65. The molecule has 506 valence electrons. The van der Waals surface area contributed by atoms with Crippen molar-refractivity contribution in [2.75, 3.05) is 39.6 Å². The number of aliphatic hydroxyl groups excluding tert-OH is 1. The number of carbonyl (C=O) groups excluding carboxylic acids is 4. The molecule has 0 fully saturated rings. The quantitative estimate of drug-likeness (QED) is 0.0169. The van der Waals surface area contributed by atoms with Crippen LogP contribution < -0.4 is 0 Å². The van der Waals surface area contributed by atoms with Crippen LogP contribution in [0.1, 0.15) is 317 Å². The van der Waals surface area contributed by atoms with Gasteiger partial charge in [-0.25, -0.2) is 9.13 Å². The Labute approximate surface area is 522 Å². The summed E-state index contributed by atoms with van der Waals surface area (Å²) in [6, 6.07) is 0. The molecule has 0 aliphatic rings. The summed E-state index contributed by atoms with van der Waals surface area (Å²) in [4.78, 5) is 72.2. The molecule has 0 aliphatic carbocycles. The third kappa shape index (κ3) is 59.2. The van der Waals surface area contributed by atoms with Crippen LogP contribution in [0.3, 0.4) is 0 Å². The topological polar surface area (TPSA) is 237 Å². The highest BCUT2D eigenvalue weighted by Crippen LogP contribution is 2.45. The van der Waals surface area contributed by atoms with E-state index in [9.17, 15) is 43.2 Å². The molecule has 0 aromatic heterocycles. The molecule has 0 saturated heterocycles. The minimum atomic E-state index is -4.96. The number of hydrogen-bond donors (Lipinski definition) is 3. The second-order valence-electron chi connectivity index (χ2n) is 23.8. The smallest absolute Gasteiger partial charge is 0.462 e. The molecule has 3 unspecified atom stereocenters. The Kier molecular flexibility index (Phi) is 58.4. The number of allylic oxidation sites excluding steroid dienone is 4. The lowest BCUT2D eigenvalue weighted by molar-refractivity contribution is -0.161. The molecule has 0 saturated carbocycles. The van der Waals surface area contributed by atoms with E-state index >= 15 is 0 Å². The van der Waals surface area contributed by atoms with Crippen LogP contribution in [-0.4, -0.2) is 96.7 Å². The Balaban J connectivity index is 5.25. The van der Waals surface area contributed by atoms with Crippen LogP contribution in [0.15, 0.2) is 24.3 Å². The molecule has 0 aromatic rings. The van der Waals surface area contributed by atoms with Crippen LogP contribution in [-0.2, 0) is 65.4 Å². The van der Waals surface area contributed by atoms with Gasteiger partial charge in [-0.1, -0.05) is 264 Å². The molecule has 0 aliphatic heterocycles. The van der Waals surface area contributed by atoms with Crippen molar-refractivity contribution in [3.05, 3.63) is 24.3 Å². The number of hydrogen-bond acceptors (Lipinski definition) is 15. The van der Waals surface area contributed by atoms with Crippen molar-refractivity contribution in [1.29, 1.82) is 0 Å². The highest BCUT2D eigenvalue weighted by Gasteiger charge is 2.30. The highest BCUT2D eigenvalue weighted by molar-refractivity contribution is 7.47. The normalized spacial score (nSPS) is 14.7. The average molecular weight is 1270 g/mol. The zero-order chi connectivity index (χ0) is 63.5. The van der Waals surface area contributed by atoms with Gasteiger partial charge in [-0.15, -0.1) is 0 Å². The number of aliphatic hydroxyl groups is 1. The van der Waals surface area contributed by atoms with E-state index in [1.807, 2.05) is 0 Å². The van der Waals surface area contributed by atoms with Gasteiger partial charge in [-0.2, -0.15) is 0 Å². The molecule has 0 spiro atoms. The largest absolute Gasteiger partial charge is 0.472 e. The molecule has 0 heterocycles. The zero-order valence-corrected chi connectivity index (χ0v) is 56.7. The van der Waals surface area contributed by atoms with Crippen molar-refractivity contribution < 1.29 is 80.2 Å². The fourth-order valence-corrected chi connectivity index (χ4v) is 11.1. The maximum absolute atomic E-state index is 13.0. The Morgan fingerprint density at radius 1 is 0.372 bits per heavy atom. The first kappa shape index (κ1) is 83.5. The van der Waals surface area contributed by atoms with E-state index in [0.29, 0.717) is 25.7 Å². The molecule has 0 radical (unpaired) electrons. The maximum atomic E-state index is 13.0. The first-order chi connectivity index (χ1) is 41.6. The Hall–Kier alpha value is -2.46. The van der Waals surface area contributed by atoms with Gasteiger partial charge in [0.1, 0.15) is 19.3 Å². The molecular weight excluding hydrogens is 1140 g/mol. The third-order valence-corrected chi connectivity index (χ3v) is 17.2. The summed E-state index contributed by atoms with van der Waals surface area (Å²) in [6.07, 6.45) is 48.2. The summed E-state index contributed by atoms with van der Waals surface area (Å²) in [6.45, 7) is 7.06. The molecule has 3 N–H and O–H groups in total. The van der Waals surface area contributed by atoms with Gasteiger partial charge in [0.15, 0.2) is 12.2 Å². The Morgan fingerprint density at radius 3 is 0.988 bits per heavy atom. The minimum Gasteiger partial charge on any atom is -0.462 e. The average Bonchev–Trinajstić information content (AvgIpc) is 3.64. The van der Waals surface area contributed by atoms with Gasteiger partial charge in [0.05, 0.1) is 26.4 Å². The molecule has 17 nitrogen and oxygen atoms in total. The van der Waals surface area contributed by atoms with E-state index < -0.39 is 97.5 Å². The second-order valence-corrected chi connectivity index (χ2v) is 26.7. The van der Waals surface area contributed by atoms with Crippen molar-refractivity contribution >= 4 is 39.5 Å². The fourth-order valence-electron chi connectivity index (χ4n) is 9.54. The van der Waals surface area contributed by atoms with E-state index in [1.165, 1.54) is 116 Å². The molecular formula is C67H126O17P2. The van der Waals surface area contributed by atoms with Crippen molar-refractivity contribution in [2.45, 2.75) is 335 Å². The summed E-state index contributed by atoms with van der Waals surface area (Å²) in [5.74, 6) is -1.45. The Bertz CT molecular complexity index is 1760. The van der Waals surface area contributed by atoms with E-state index in [0.717, 1.165) is 121 Å². The number of phosphoric ester groups is 2. The van der Waals surface area contributed by atoms with Crippen LogP contribution in [0.2, 0.25) is 0 Å². The van der Waals surface area contributed by atoms with Gasteiger partial charge in [0.25, 0.3) is 0 Å².